The van der Waals surface area contributed by atoms with Crippen molar-refractivity contribution in [2.24, 2.45) is 0 Å². The van der Waals surface area contributed by atoms with Crippen LogP contribution >= 0.6 is 11.5 Å². The molecule has 0 fully saturated rings. The Morgan fingerprint density at radius 3 is 2.62 bits per heavy atom. The van der Waals surface area contributed by atoms with Crippen LogP contribution in [-0.2, 0) is 6.42 Å². The molecule has 0 aliphatic rings. The first-order valence-corrected chi connectivity index (χ1v) is 8.91. The molecule has 3 aromatic rings. The third-order valence-corrected chi connectivity index (χ3v) is 4.76. The Bertz CT molecular complexity index is 924. The van der Waals surface area contributed by atoms with Gasteiger partial charge in [0.15, 0.2) is 0 Å². The summed E-state index contributed by atoms with van der Waals surface area (Å²) in [6, 6.07) is 2.10. The van der Waals surface area contributed by atoms with Gasteiger partial charge in [-0.25, -0.2) is 0 Å². The van der Waals surface area contributed by atoms with Crippen molar-refractivity contribution >= 4 is 11.5 Å². The normalized spacial score (nSPS) is 11.3. The number of halogens is 2. The topological polar surface area (TPSA) is 73.9 Å². The second kappa shape index (κ2) is 7.45. The molecule has 0 amide bonds. The molecule has 0 aliphatic heterocycles. The van der Waals surface area contributed by atoms with Gasteiger partial charge in [-0.1, -0.05) is 12.1 Å². The average molecular weight is 380 g/mol. The zero-order valence-electron chi connectivity index (χ0n) is 14.8. The summed E-state index contributed by atoms with van der Waals surface area (Å²) in [6.45, 7) is 7.68. The van der Waals surface area contributed by atoms with Crippen LogP contribution in [0.5, 0.6) is 11.8 Å². The Balaban J connectivity index is 1.94. The Kier molecular flexibility index (Phi) is 5.26. The van der Waals surface area contributed by atoms with Crippen LogP contribution in [0.1, 0.15) is 47.4 Å². The van der Waals surface area contributed by atoms with Crippen LogP contribution in [0.15, 0.2) is 10.6 Å². The lowest BCUT2D eigenvalue weighted by Crippen LogP contribution is -1.98. The first-order chi connectivity index (χ1) is 12.4. The van der Waals surface area contributed by atoms with Gasteiger partial charge in [0.25, 0.3) is 5.89 Å². The summed E-state index contributed by atoms with van der Waals surface area (Å²) in [5.41, 5.74) is 3.09. The number of alkyl halides is 2. The van der Waals surface area contributed by atoms with Gasteiger partial charge < -0.3 is 9.26 Å². The van der Waals surface area contributed by atoms with Gasteiger partial charge in [-0.05, 0) is 61.5 Å². The molecule has 1 aromatic carbocycles. The third kappa shape index (κ3) is 3.57. The van der Waals surface area contributed by atoms with Gasteiger partial charge in [0, 0.05) is 12.0 Å². The minimum atomic E-state index is -2.80. The quantitative estimate of drug-likeness (QED) is 0.585. The minimum absolute atomic E-state index is 0.132. The predicted octanol–water partition coefficient (Wildman–Crippen LogP) is 5.20. The van der Waals surface area contributed by atoms with Gasteiger partial charge >= 0.3 is 12.4 Å². The Morgan fingerprint density at radius 1 is 1.19 bits per heavy atom. The van der Waals surface area contributed by atoms with Crippen LogP contribution in [0.2, 0.25) is 0 Å². The maximum absolute atomic E-state index is 12.7. The van der Waals surface area contributed by atoms with E-state index in [0.29, 0.717) is 17.3 Å². The average Bonchev–Trinajstić information content (AvgIpc) is 3.25. The summed E-state index contributed by atoms with van der Waals surface area (Å²) >= 11 is 1.33. The van der Waals surface area contributed by atoms with Gasteiger partial charge in [-0.3, -0.25) is 0 Å². The maximum Gasteiger partial charge on any atom is 0.334 e. The minimum Gasteiger partial charge on any atom is -0.423 e. The molecule has 138 valence electrons. The number of hydrogen-bond donors (Lipinski definition) is 0. The van der Waals surface area contributed by atoms with Crippen LogP contribution in [0.25, 0.3) is 11.4 Å². The zero-order valence-corrected chi connectivity index (χ0v) is 15.7. The number of hydrogen-bond acceptors (Lipinski definition) is 7. The molecule has 2 aromatic heterocycles. The fourth-order valence-electron chi connectivity index (χ4n) is 2.57. The summed E-state index contributed by atoms with van der Waals surface area (Å²) < 4.78 is 40.1. The molecule has 0 radical (unpaired) electrons. The first-order valence-electron chi connectivity index (χ1n) is 8.14. The standard InChI is InChI=1S/C17H18F2N4O2S/c1-5-6-12-20-17(23-26-12)24-13-8(2)7-11(9(3)10(13)4)15-21-16(14(18)19)25-22-15/h7,14H,5-6H2,1-4H3. The number of nitrogens with zero attached hydrogens (tertiary/aromatic N) is 4. The Hall–Kier alpha value is -2.42. The van der Waals surface area contributed by atoms with Gasteiger partial charge in [0.1, 0.15) is 10.8 Å². The zero-order chi connectivity index (χ0) is 18.8. The van der Waals surface area contributed by atoms with E-state index in [1.807, 2.05) is 20.8 Å². The predicted molar refractivity (Wildman–Crippen MR) is 92.9 cm³/mol. The summed E-state index contributed by atoms with van der Waals surface area (Å²) in [5.74, 6) is 0.0856. The molecule has 0 unspecified atom stereocenters. The van der Waals surface area contributed by atoms with Crippen molar-refractivity contribution < 1.29 is 18.0 Å². The number of aromatic nitrogens is 4. The van der Waals surface area contributed by atoms with E-state index in [2.05, 4.69) is 30.9 Å². The smallest absolute Gasteiger partial charge is 0.334 e. The van der Waals surface area contributed by atoms with E-state index in [-0.39, 0.29) is 5.82 Å². The first kappa shape index (κ1) is 18.4. The summed E-state index contributed by atoms with van der Waals surface area (Å²) in [5, 5.41) is 4.59. The Labute approximate surface area is 153 Å². The molecule has 0 N–H and O–H groups in total. The van der Waals surface area contributed by atoms with Crippen molar-refractivity contribution in [2.45, 2.75) is 47.0 Å². The van der Waals surface area contributed by atoms with Crippen molar-refractivity contribution in [1.82, 2.24) is 19.5 Å². The molecular formula is C17H18F2N4O2S. The molecule has 26 heavy (non-hydrogen) atoms. The van der Waals surface area contributed by atoms with Gasteiger partial charge in [-0.15, -0.1) is 4.37 Å². The molecule has 6 nitrogen and oxygen atoms in total. The van der Waals surface area contributed by atoms with E-state index < -0.39 is 12.3 Å². The summed E-state index contributed by atoms with van der Waals surface area (Å²) in [6.07, 6.45) is -0.943. The van der Waals surface area contributed by atoms with Crippen LogP contribution in [0.4, 0.5) is 8.78 Å². The van der Waals surface area contributed by atoms with Crippen molar-refractivity contribution in [1.29, 1.82) is 0 Å². The van der Waals surface area contributed by atoms with Gasteiger partial charge in [0.2, 0.25) is 5.82 Å². The van der Waals surface area contributed by atoms with E-state index in [1.165, 1.54) is 11.5 Å². The molecular weight excluding hydrogens is 362 g/mol. The van der Waals surface area contributed by atoms with Crippen LogP contribution < -0.4 is 4.74 Å². The van der Waals surface area contributed by atoms with E-state index >= 15 is 0 Å². The molecule has 0 atom stereocenters. The molecule has 0 bridgehead atoms. The maximum atomic E-state index is 12.7. The molecule has 9 heteroatoms. The van der Waals surface area contributed by atoms with Crippen molar-refractivity contribution in [3.8, 4) is 23.1 Å². The monoisotopic (exact) mass is 380 g/mol. The highest BCUT2D eigenvalue weighted by atomic mass is 32.1. The van der Waals surface area contributed by atoms with Crippen LogP contribution in [-0.4, -0.2) is 19.5 Å². The lowest BCUT2D eigenvalue weighted by Gasteiger charge is -2.14. The highest BCUT2D eigenvalue weighted by Gasteiger charge is 2.21. The van der Waals surface area contributed by atoms with Gasteiger partial charge in [0.05, 0.1) is 0 Å². The van der Waals surface area contributed by atoms with Crippen molar-refractivity contribution in [3.63, 3.8) is 0 Å². The van der Waals surface area contributed by atoms with E-state index in [1.54, 1.807) is 6.07 Å². The fourth-order valence-corrected chi connectivity index (χ4v) is 3.24. The number of aryl methyl sites for hydroxylation is 2. The lowest BCUT2D eigenvalue weighted by atomic mass is 9.98. The van der Waals surface area contributed by atoms with Crippen molar-refractivity contribution in [3.05, 3.63) is 33.7 Å². The third-order valence-electron chi connectivity index (χ3n) is 4.00. The number of rotatable bonds is 6. The molecule has 2 heterocycles. The van der Waals surface area contributed by atoms with Gasteiger partial charge in [-0.2, -0.15) is 18.7 Å². The number of benzene rings is 1. The van der Waals surface area contributed by atoms with E-state index in [9.17, 15) is 8.78 Å². The lowest BCUT2D eigenvalue weighted by molar-refractivity contribution is 0.106. The molecule has 3 rings (SSSR count). The molecule has 0 saturated heterocycles. The highest BCUT2D eigenvalue weighted by molar-refractivity contribution is 7.05. The molecule has 0 saturated carbocycles. The van der Waals surface area contributed by atoms with Crippen LogP contribution in [0.3, 0.4) is 0 Å². The fraction of sp³-hybridized carbons (Fsp3) is 0.412. The molecule has 0 aliphatic carbocycles. The summed E-state index contributed by atoms with van der Waals surface area (Å²) in [7, 11) is 0. The summed E-state index contributed by atoms with van der Waals surface area (Å²) in [4.78, 5) is 8.14. The molecule has 0 spiro atoms. The van der Waals surface area contributed by atoms with Crippen molar-refractivity contribution in [2.75, 3.05) is 0 Å². The Morgan fingerprint density at radius 2 is 1.96 bits per heavy atom. The largest absolute Gasteiger partial charge is 0.423 e. The highest BCUT2D eigenvalue weighted by Crippen LogP contribution is 2.36. The number of ether oxygens (including phenoxy) is 1. The second-order valence-electron chi connectivity index (χ2n) is 5.90. The van der Waals surface area contributed by atoms with Crippen LogP contribution in [0, 0.1) is 20.8 Å². The SMILES string of the molecule is CCCc1nc(Oc2c(C)cc(-c3noc(C(F)F)n3)c(C)c2C)ns1. The van der Waals surface area contributed by atoms with E-state index in [4.69, 9.17) is 4.74 Å². The second-order valence-corrected chi connectivity index (χ2v) is 6.74. The van der Waals surface area contributed by atoms with E-state index in [0.717, 1.165) is 34.5 Å².